The first-order chi connectivity index (χ1) is 16.1. The number of hydrogen-bond acceptors (Lipinski definition) is 6. The predicted octanol–water partition coefficient (Wildman–Crippen LogP) is 5.06. The molecule has 4 aromatic rings. The number of benzene rings is 2. The van der Waals surface area contributed by atoms with Gasteiger partial charge in [-0.3, -0.25) is 14.3 Å². The first-order valence-electron chi connectivity index (χ1n) is 10.4. The van der Waals surface area contributed by atoms with Gasteiger partial charge in [-0.1, -0.05) is 49.9 Å². The van der Waals surface area contributed by atoms with Crippen molar-refractivity contribution < 1.29 is 4.79 Å². The Labute approximate surface area is 196 Å². The molecule has 0 fully saturated rings. The van der Waals surface area contributed by atoms with E-state index in [0.717, 1.165) is 16.8 Å². The number of nitriles is 1. The minimum absolute atomic E-state index is 0.145. The van der Waals surface area contributed by atoms with Gasteiger partial charge in [0.15, 0.2) is 11.0 Å². The second kappa shape index (κ2) is 10.1. The van der Waals surface area contributed by atoms with Crippen molar-refractivity contribution in [3.05, 3.63) is 84.2 Å². The normalized spacial score (nSPS) is 10.7. The second-order valence-electron chi connectivity index (χ2n) is 7.63. The molecule has 1 amide bonds. The first kappa shape index (κ1) is 22.2. The number of anilines is 1. The summed E-state index contributed by atoms with van der Waals surface area (Å²) in [5.41, 5.74) is 4.05. The fourth-order valence-corrected chi connectivity index (χ4v) is 4.18. The van der Waals surface area contributed by atoms with Crippen LogP contribution in [0.5, 0.6) is 0 Å². The van der Waals surface area contributed by atoms with Crippen LogP contribution in [-0.4, -0.2) is 31.4 Å². The van der Waals surface area contributed by atoms with Gasteiger partial charge in [0, 0.05) is 23.6 Å². The van der Waals surface area contributed by atoms with Crippen LogP contribution in [0.2, 0.25) is 0 Å². The van der Waals surface area contributed by atoms with Crippen molar-refractivity contribution in [2.45, 2.75) is 24.9 Å². The molecule has 7 nitrogen and oxygen atoms in total. The molecule has 0 aliphatic heterocycles. The van der Waals surface area contributed by atoms with Gasteiger partial charge in [-0.25, -0.2) is 0 Å². The zero-order valence-electron chi connectivity index (χ0n) is 18.3. The third-order valence-corrected chi connectivity index (χ3v) is 5.89. The van der Waals surface area contributed by atoms with Crippen LogP contribution in [0.15, 0.2) is 78.2 Å². The number of amides is 1. The van der Waals surface area contributed by atoms with Crippen LogP contribution < -0.4 is 5.32 Å². The summed E-state index contributed by atoms with van der Waals surface area (Å²) in [6.07, 6.45) is 3.47. The van der Waals surface area contributed by atoms with E-state index < -0.39 is 0 Å². The maximum absolute atomic E-state index is 12.6. The summed E-state index contributed by atoms with van der Waals surface area (Å²) in [4.78, 5) is 16.8. The lowest BCUT2D eigenvalue weighted by atomic mass is 10.0. The monoisotopic (exact) mass is 454 g/mol. The van der Waals surface area contributed by atoms with Gasteiger partial charge in [-0.15, -0.1) is 10.2 Å². The highest BCUT2D eigenvalue weighted by Gasteiger charge is 2.20. The average molecular weight is 455 g/mol. The van der Waals surface area contributed by atoms with Crippen LogP contribution >= 0.6 is 11.8 Å². The molecule has 0 saturated heterocycles. The highest BCUT2D eigenvalue weighted by molar-refractivity contribution is 7.99. The molecular formula is C25H22N6OS. The van der Waals surface area contributed by atoms with E-state index in [1.165, 1.54) is 11.8 Å². The minimum Gasteiger partial charge on any atom is -0.325 e. The molecule has 0 bridgehead atoms. The van der Waals surface area contributed by atoms with Crippen LogP contribution in [0.1, 0.15) is 30.9 Å². The molecule has 33 heavy (non-hydrogen) atoms. The van der Waals surface area contributed by atoms with Crippen LogP contribution in [-0.2, 0) is 4.79 Å². The molecule has 0 atom stereocenters. The van der Waals surface area contributed by atoms with Crippen LogP contribution in [0.3, 0.4) is 0 Å². The second-order valence-corrected chi connectivity index (χ2v) is 8.57. The van der Waals surface area contributed by atoms with Gasteiger partial charge >= 0.3 is 0 Å². The van der Waals surface area contributed by atoms with E-state index in [0.29, 0.717) is 28.1 Å². The van der Waals surface area contributed by atoms with Crippen molar-refractivity contribution in [2.75, 3.05) is 11.1 Å². The topological polar surface area (TPSA) is 96.5 Å². The van der Waals surface area contributed by atoms with E-state index in [4.69, 9.17) is 5.26 Å². The number of pyridine rings is 1. The fourth-order valence-electron chi connectivity index (χ4n) is 3.44. The molecule has 0 saturated carbocycles. The highest BCUT2D eigenvalue weighted by atomic mass is 32.2. The van der Waals surface area contributed by atoms with E-state index in [-0.39, 0.29) is 11.7 Å². The van der Waals surface area contributed by atoms with Crippen molar-refractivity contribution in [1.82, 2.24) is 19.7 Å². The van der Waals surface area contributed by atoms with Gasteiger partial charge in [0.2, 0.25) is 5.91 Å². The van der Waals surface area contributed by atoms with E-state index in [1.54, 1.807) is 36.7 Å². The zero-order chi connectivity index (χ0) is 23.2. The number of thioether (sulfide) groups is 1. The highest BCUT2D eigenvalue weighted by Crippen LogP contribution is 2.32. The number of rotatable bonds is 7. The van der Waals surface area contributed by atoms with Crippen LogP contribution in [0.4, 0.5) is 5.69 Å². The fraction of sp³-hybridized carbons (Fsp3) is 0.160. The Morgan fingerprint density at radius 3 is 2.73 bits per heavy atom. The number of para-hydroxylation sites is 1. The summed E-state index contributed by atoms with van der Waals surface area (Å²) in [6, 6.07) is 20.8. The predicted molar refractivity (Wildman–Crippen MR) is 129 cm³/mol. The number of aromatic nitrogens is 4. The third-order valence-electron chi connectivity index (χ3n) is 4.96. The van der Waals surface area contributed by atoms with Crippen molar-refractivity contribution in [3.8, 4) is 23.1 Å². The maximum atomic E-state index is 12.6. The number of carbonyl (C=O) groups is 1. The van der Waals surface area contributed by atoms with Gasteiger partial charge in [0.1, 0.15) is 0 Å². The Morgan fingerprint density at radius 2 is 1.97 bits per heavy atom. The Kier molecular flexibility index (Phi) is 6.81. The van der Waals surface area contributed by atoms with Crippen LogP contribution in [0, 0.1) is 11.3 Å². The van der Waals surface area contributed by atoms with Gasteiger partial charge in [-0.2, -0.15) is 5.26 Å². The number of nitrogens with one attached hydrogen (secondary N) is 1. The van der Waals surface area contributed by atoms with Gasteiger partial charge in [0.05, 0.1) is 23.1 Å². The van der Waals surface area contributed by atoms with E-state index >= 15 is 0 Å². The Balaban J connectivity index is 1.64. The standard InChI is InChI=1S/C25H22N6OS/c1-17(2)21-10-3-4-11-22(21)31-24(19-8-6-12-27-15-19)29-30-25(31)33-16-23(32)28-20-9-5-7-18(13-20)14-26/h3-13,15,17H,16H2,1-2H3,(H,28,32). The molecule has 0 unspecified atom stereocenters. The molecule has 8 heteroatoms. The quantitative estimate of drug-likeness (QED) is 0.392. The largest absolute Gasteiger partial charge is 0.325 e. The Bertz CT molecular complexity index is 1310. The SMILES string of the molecule is CC(C)c1ccccc1-n1c(SCC(=O)Nc2cccc(C#N)c2)nnc1-c1cccnc1. The van der Waals surface area contributed by atoms with E-state index in [1.807, 2.05) is 34.9 Å². The maximum Gasteiger partial charge on any atom is 0.234 e. The molecule has 0 aliphatic carbocycles. The lowest BCUT2D eigenvalue weighted by Gasteiger charge is -2.16. The molecule has 2 aromatic heterocycles. The minimum atomic E-state index is -0.190. The number of carbonyl (C=O) groups excluding carboxylic acids is 1. The average Bonchev–Trinajstić information content (AvgIpc) is 3.27. The summed E-state index contributed by atoms with van der Waals surface area (Å²) in [5.74, 6) is 0.913. The van der Waals surface area contributed by atoms with E-state index in [2.05, 4.69) is 46.5 Å². The summed E-state index contributed by atoms with van der Waals surface area (Å²) in [7, 11) is 0. The zero-order valence-corrected chi connectivity index (χ0v) is 19.1. The van der Waals surface area contributed by atoms with Crippen molar-refractivity contribution >= 4 is 23.4 Å². The molecule has 0 spiro atoms. The van der Waals surface area contributed by atoms with Crippen molar-refractivity contribution in [1.29, 1.82) is 5.26 Å². The molecule has 4 rings (SSSR count). The third kappa shape index (κ3) is 5.10. The summed E-state index contributed by atoms with van der Waals surface area (Å²) < 4.78 is 1.99. The molecule has 0 radical (unpaired) electrons. The molecule has 2 heterocycles. The molecule has 2 aromatic carbocycles. The molecule has 0 aliphatic rings. The molecular weight excluding hydrogens is 432 g/mol. The van der Waals surface area contributed by atoms with Gasteiger partial charge in [-0.05, 0) is 47.9 Å². The first-order valence-corrected chi connectivity index (χ1v) is 11.4. The smallest absolute Gasteiger partial charge is 0.234 e. The Hall–Kier alpha value is -3.96. The summed E-state index contributed by atoms with van der Waals surface area (Å²) in [6.45, 7) is 4.28. The Morgan fingerprint density at radius 1 is 1.12 bits per heavy atom. The molecule has 1 N–H and O–H groups in total. The number of nitrogens with zero attached hydrogens (tertiary/aromatic N) is 5. The van der Waals surface area contributed by atoms with Crippen molar-refractivity contribution in [3.63, 3.8) is 0 Å². The molecule has 164 valence electrons. The van der Waals surface area contributed by atoms with Gasteiger partial charge < -0.3 is 5.32 Å². The summed E-state index contributed by atoms with van der Waals surface area (Å²) in [5, 5.41) is 21.3. The lowest BCUT2D eigenvalue weighted by molar-refractivity contribution is -0.113. The lowest BCUT2D eigenvalue weighted by Crippen LogP contribution is -2.15. The van der Waals surface area contributed by atoms with Crippen LogP contribution in [0.25, 0.3) is 17.1 Å². The summed E-state index contributed by atoms with van der Waals surface area (Å²) >= 11 is 1.31. The van der Waals surface area contributed by atoms with Crippen molar-refractivity contribution in [2.24, 2.45) is 0 Å². The van der Waals surface area contributed by atoms with Gasteiger partial charge in [0.25, 0.3) is 0 Å². The van der Waals surface area contributed by atoms with E-state index in [9.17, 15) is 4.79 Å². The number of hydrogen-bond donors (Lipinski definition) is 1.